The summed E-state index contributed by atoms with van der Waals surface area (Å²) in [5.74, 6) is 1.84. The molecule has 0 bridgehead atoms. The second-order valence-corrected chi connectivity index (χ2v) is 6.97. The summed E-state index contributed by atoms with van der Waals surface area (Å²) < 4.78 is 2.40. The molecular weight excluding hydrogens is 268 g/mol. The van der Waals surface area contributed by atoms with Crippen LogP contribution in [0.5, 0.6) is 0 Å². The number of nitrogens with zero attached hydrogens (tertiary/aromatic N) is 2. The number of imidazole rings is 1. The van der Waals surface area contributed by atoms with Crippen molar-refractivity contribution < 1.29 is 0 Å². The van der Waals surface area contributed by atoms with Gasteiger partial charge >= 0.3 is 0 Å². The van der Waals surface area contributed by atoms with Gasteiger partial charge in [-0.05, 0) is 19.8 Å². The third-order valence-electron chi connectivity index (χ3n) is 4.95. The van der Waals surface area contributed by atoms with Gasteiger partial charge in [0.2, 0.25) is 0 Å². The van der Waals surface area contributed by atoms with Gasteiger partial charge in [-0.25, -0.2) is 4.98 Å². The third kappa shape index (κ3) is 6.98. The fourth-order valence-corrected chi connectivity index (χ4v) is 3.15. The van der Waals surface area contributed by atoms with E-state index in [0.29, 0.717) is 12.0 Å². The number of hydrogen-bond donors (Lipinski definition) is 0. The second-order valence-electron chi connectivity index (χ2n) is 6.97. The molecule has 128 valence electrons. The topological polar surface area (TPSA) is 17.8 Å². The molecule has 0 amide bonds. The van der Waals surface area contributed by atoms with Crippen LogP contribution in [0.4, 0.5) is 0 Å². The predicted octanol–water partition coefficient (Wildman–Crippen LogP) is 6.88. The van der Waals surface area contributed by atoms with Crippen LogP contribution >= 0.6 is 0 Å². The normalized spacial score (nSPS) is 14.2. The fraction of sp³-hybridized carbons (Fsp3) is 0.850. The SMILES string of the molecule is CCCCCCCCCCCC(C)n1ccnc1C(C)CC. The van der Waals surface area contributed by atoms with E-state index in [9.17, 15) is 0 Å². The Bertz CT molecular complexity index is 370. The van der Waals surface area contributed by atoms with Crippen molar-refractivity contribution in [3.63, 3.8) is 0 Å². The highest BCUT2D eigenvalue weighted by molar-refractivity contribution is 5.00. The molecule has 0 fully saturated rings. The summed E-state index contributed by atoms with van der Waals surface area (Å²) >= 11 is 0. The number of rotatable bonds is 13. The molecule has 0 aliphatic heterocycles. The molecule has 2 nitrogen and oxygen atoms in total. The average molecular weight is 307 g/mol. The Hall–Kier alpha value is -0.790. The highest BCUT2D eigenvalue weighted by Crippen LogP contribution is 2.23. The minimum Gasteiger partial charge on any atom is -0.332 e. The minimum atomic E-state index is 0.570. The first-order valence-electron chi connectivity index (χ1n) is 9.73. The fourth-order valence-electron chi connectivity index (χ4n) is 3.15. The van der Waals surface area contributed by atoms with E-state index in [1.165, 1.54) is 76.5 Å². The van der Waals surface area contributed by atoms with Gasteiger partial charge in [0.25, 0.3) is 0 Å². The molecule has 0 saturated carbocycles. The molecule has 1 aromatic rings. The summed E-state index contributed by atoms with van der Waals surface area (Å²) in [4.78, 5) is 4.56. The molecule has 0 aliphatic rings. The Morgan fingerprint density at radius 3 is 2.09 bits per heavy atom. The molecule has 0 radical (unpaired) electrons. The smallest absolute Gasteiger partial charge is 0.111 e. The van der Waals surface area contributed by atoms with Crippen LogP contribution < -0.4 is 0 Å². The zero-order chi connectivity index (χ0) is 16.2. The van der Waals surface area contributed by atoms with Gasteiger partial charge in [0.1, 0.15) is 5.82 Å². The molecule has 2 heteroatoms. The van der Waals surface area contributed by atoms with Crippen LogP contribution in [0, 0.1) is 0 Å². The standard InChI is InChI=1S/C20H38N2/c1-5-7-8-9-10-11-12-13-14-15-19(4)22-17-16-21-20(22)18(3)6-2/h16-19H,5-15H2,1-4H3. The van der Waals surface area contributed by atoms with Crippen LogP contribution in [0.15, 0.2) is 12.4 Å². The van der Waals surface area contributed by atoms with E-state index in [2.05, 4.69) is 43.4 Å². The molecule has 2 atom stereocenters. The van der Waals surface area contributed by atoms with Gasteiger partial charge in [0.05, 0.1) is 0 Å². The van der Waals surface area contributed by atoms with Crippen LogP contribution in [0.1, 0.15) is 116 Å². The van der Waals surface area contributed by atoms with Crippen LogP contribution in [0.2, 0.25) is 0 Å². The second kappa shape index (κ2) is 11.7. The van der Waals surface area contributed by atoms with E-state index in [1.54, 1.807) is 0 Å². The molecule has 0 N–H and O–H groups in total. The lowest BCUT2D eigenvalue weighted by Crippen LogP contribution is -2.10. The van der Waals surface area contributed by atoms with Crippen LogP contribution in [-0.4, -0.2) is 9.55 Å². The van der Waals surface area contributed by atoms with Crippen molar-refractivity contribution in [3.05, 3.63) is 18.2 Å². The first-order chi connectivity index (χ1) is 10.7. The monoisotopic (exact) mass is 306 g/mol. The molecule has 0 saturated heterocycles. The van der Waals surface area contributed by atoms with Gasteiger partial charge in [0, 0.05) is 24.4 Å². The Kier molecular flexibility index (Phi) is 10.3. The molecule has 0 aliphatic carbocycles. The van der Waals surface area contributed by atoms with Crippen LogP contribution in [-0.2, 0) is 0 Å². The number of unbranched alkanes of at least 4 members (excludes halogenated alkanes) is 8. The number of aromatic nitrogens is 2. The Morgan fingerprint density at radius 1 is 0.909 bits per heavy atom. The molecule has 1 heterocycles. The van der Waals surface area contributed by atoms with Crippen molar-refractivity contribution >= 4 is 0 Å². The zero-order valence-electron chi connectivity index (χ0n) is 15.5. The van der Waals surface area contributed by atoms with Gasteiger partial charge in [-0.3, -0.25) is 0 Å². The van der Waals surface area contributed by atoms with Crippen LogP contribution in [0.3, 0.4) is 0 Å². The van der Waals surface area contributed by atoms with Crippen molar-refractivity contribution in [2.24, 2.45) is 0 Å². The average Bonchev–Trinajstić information content (AvgIpc) is 3.02. The lowest BCUT2D eigenvalue weighted by atomic mass is 10.0. The maximum absolute atomic E-state index is 4.56. The van der Waals surface area contributed by atoms with E-state index >= 15 is 0 Å². The van der Waals surface area contributed by atoms with E-state index in [-0.39, 0.29) is 0 Å². The predicted molar refractivity (Wildman–Crippen MR) is 97.5 cm³/mol. The summed E-state index contributed by atoms with van der Waals surface area (Å²) in [6.07, 6.45) is 19.3. The van der Waals surface area contributed by atoms with Crippen LogP contribution in [0.25, 0.3) is 0 Å². The van der Waals surface area contributed by atoms with Crippen molar-refractivity contribution in [1.29, 1.82) is 0 Å². The Balaban J connectivity index is 2.13. The summed E-state index contributed by atoms with van der Waals surface area (Å²) in [5, 5.41) is 0. The van der Waals surface area contributed by atoms with Gasteiger partial charge in [-0.1, -0.05) is 78.6 Å². The van der Waals surface area contributed by atoms with Gasteiger partial charge in [-0.15, -0.1) is 0 Å². The van der Waals surface area contributed by atoms with Crippen molar-refractivity contribution in [1.82, 2.24) is 9.55 Å². The first-order valence-corrected chi connectivity index (χ1v) is 9.73. The molecule has 1 aromatic heterocycles. The molecular formula is C20H38N2. The number of hydrogen-bond acceptors (Lipinski definition) is 1. The van der Waals surface area contributed by atoms with E-state index < -0.39 is 0 Å². The molecule has 0 aromatic carbocycles. The van der Waals surface area contributed by atoms with Crippen molar-refractivity contribution in [3.8, 4) is 0 Å². The Labute approximate surface area is 138 Å². The Morgan fingerprint density at radius 2 is 1.50 bits per heavy atom. The van der Waals surface area contributed by atoms with Gasteiger partial charge in [-0.2, -0.15) is 0 Å². The van der Waals surface area contributed by atoms with E-state index in [4.69, 9.17) is 0 Å². The van der Waals surface area contributed by atoms with Crippen molar-refractivity contribution in [2.75, 3.05) is 0 Å². The first kappa shape index (κ1) is 19.3. The summed E-state index contributed by atoms with van der Waals surface area (Å²) in [6, 6.07) is 0.594. The summed E-state index contributed by atoms with van der Waals surface area (Å²) in [7, 11) is 0. The zero-order valence-corrected chi connectivity index (χ0v) is 15.5. The lowest BCUT2D eigenvalue weighted by Gasteiger charge is -2.19. The molecule has 1 rings (SSSR count). The maximum Gasteiger partial charge on any atom is 0.111 e. The molecule has 2 unspecified atom stereocenters. The van der Waals surface area contributed by atoms with Crippen molar-refractivity contribution in [2.45, 2.75) is 110 Å². The quantitative estimate of drug-likeness (QED) is 0.363. The highest BCUT2D eigenvalue weighted by Gasteiger charge is 2.14. The highest BCUT2D eigenvalue weighted by atomic mass is 15.1. The molecule has 0 spiro atoms. The largest absolute Gasteiger partial charge is 0.332 e. The van der Waals surface area contributed by atoms with E-state index in [0.717, 1.165) is 0 Å². The lowest BCUT2D eigenvalue weighted by molar-refractivity contribution is 0.442. The maximum atomic E-state index is 4.56. The molecule has 22 heavy (non-hydrogen) atoms. The van der Waals surface area contributed by atoms with Gasteiger partial charge in [0.15, 0.2) is 0 Å². The summed E-state index contributed by atoms with van der Waals surface area (Å²) in [6.45, 7) is 9.16. The van der Waals surface area contributed by atoms with E-state index in [1.807, 2.05) is 6.20 Å². The summed E-state index contributed by atoms with van der Waals surface area (Å²) in [5.41, 5.74) is 0. The minimum absolute atomic E-state index is 0.570. The van der Waals surface area contributed by atoms with Gasteiger partial charge < -0.3 is 4.57 Å². The third-order valence-corrected chi connectivity index (χ3v) is 4.95.